The van der Waals surface area contributed by atoms with Crippen LogP contribution >= 0.6 is 15.9 Å². The Hall–Kier alpha value is -1.75. The lowest BCUT2D eigenvalue weighted by molar-refractivity contribution is 0.461. The molecule has 1 fully saturated rings. The van der Waals surface area contributed by atoms with Crippen LogP contribution in [0.4, 0.5) is 5.82 Å². The van der Waals surface area contributed by atoms with Crippen molar-refractivity contribution >= 4 is 27.4 Å². The minimum Gasteiger partial charge on any atom is -0.472 e. The molecule has 4 nitrogen and oxygen atoms in total. The zero-order valence-corrected chi connectivity index (χ0v) is 13.8. The lowest BCUT2D eigenvalue weighted by atomic mass is 9.95. The molecule has 0 radical (unpaired) electrons. The van der Waals surface area contributed by atoms with Gasteiger partial charge >= 0.3 is 0 Å². The van der Waals surface area contributed by atoms with Gasteiger partial charge in [-0.1, -0.05) is 19.3 Å². The Labute approximate surface area is 137 Å². The molecular formula is C17H18BrN3O. The summed E-state index contributed by atoms with van der Waals surface area (Å²) < 4.78 is 8.42. The second-order valence-corrected chi connectivity index (χ2v) is 6.79. The zero-order chi connectivity index (χ0) is 14.9. The van der Waals surface area contributed by atoms with E-state index in [1.807, 2.05) is 18.2 Å². The molecule has 0 spiro atoms. The van der Waals surface area contributed by atoms with Gasteiger partial charge in [-0.3, -0.25) is 4.40 Å². The van der Waals surface area contributed by atoms with Crippen LogP contribution in [0.3, 0.4) is 0 Å². The number of furan rings is 1. The van der Waals surface area contributed by atoms with Gasteiger partial charge in [-0.05, 0) is 47.0 Å². The molecular weight excluding hydrogens is 342 g/mol. The quantitative estimate of drug-likeness (QED) is 0.707. The predicted molar refractivity (Wildman–Crippen MR) is 91.1 cm³/mol. The first kappa shape index (κ1) is 13.9. The molecule has 0 saturated heterocycles. The zero-order valence-electron chi connectivity index (χ0n) is 12.3. The van der Waals surface area contributed by atoms with E-state index in [0.29, 0.717) is 6.04 Å². The van der Waals surface area contributed by atoms with Crippen LogP contribution in [0.2, 0.25) is 0 Å². The molecule has 3 aromatic heterocycles. The molecule has 1 aliphatic carbocycles. The smallest absolute Gasteiger partial charge is 0.139 e. The van der Waals surface area contributed by atoms with E-state index in [2.05, 4.69) is 31.8 Å². The molecule has 5 heteroatoms. The van der Waals surface area contributed by atoms with E-state index < -0.39 is 0 Å². The number of nitrogens with one attached hydrogen (secondary N) is 1. The first-order chi connectivity index (χ1) is 10.8. The summed E-state index contributed by atoms with van der Waals surface area (Å²) in [5, 5.41) is 3.73. The van der Waals surface area contributed by atoms with Crippen LogP contribution in [0.15, 0.2) is 45.8 Å². The second-order valence-electron chi connectivity index (χ2n) is 5.88. The van der Waals surface area contributed by atoms with E-state index >= 15 is 0 Å². The number of halogens is 1. The minimum atomic E-state index is 0.526. The van der Waals surface area contributed by atoms with Crippen molar-refractivity contribution in [2.75, 3.05) is 5.32 Å². The van der Waals surface area contributed by atoms with E-state index in [1.54, 1.807) is 12.5 Å². The molecule has 3 aromatic rings. The number of fused-ring (bicyclic) bond motifs is 1. The largest absolute Gasteiger partial charge is 0.472 e. The number of nitrogens with zero attached hydrogens (tertiary/aromatic N) is 2. The maximum absolute atomic E-state index is 5.25. The average Bonchev–Trinajstić information content (AvgIpc) is 3.17. The monoisotopic (exact) mass is 359 g/mol. The first-order valence-corrected chi connectivity index (χ1v) is 8.57. The lowest BCUT2D eigenvalue weighted by Gasteiger charge is -2.24. The van der Waals surface area contributed by atoms with Crippen molar-refractivity contribution in [3.05, 3.63) is 41.4 Å². The molecule has 0 aliphatic heterocycles. The highest BCUT2D eigenvalue weighted by Crippen LogP contribution is 2.32. The predicted octanol–water partition coefficient (Wildman–Crippen LogP) is 5.10. The Morgan fingerprint density at radius 1 is 1.18 bits per heavy atom. The van der Waals surface area contributed by atoms with Crippen LogP contribution in [-0.2, 0) is 0 Å². The highest BCUT2D eigenvalue weighted by atomic mass is 79.9. The van der Waals surface area contributed by atoms with Gasteiger partial charge in [0.1, 0.15) is 17.2 Å². The molecule has 0 atom stereocenters. The van der Waals surface area contributed by atoms with E-state index in [-0.39, 0.29) is 0 Å². The van der Waals surface area contributed by atoms with Gasteiger partial charge in [-0.15, -0.1) is 0 Å². The Kier molecular flexibility index (Phi) is 3.66. The fraction of sp³-hybridized carbons (Fsp3) is 0.353. The summed E-state index contributed by atoms with van der Waals surface area (Å²) in [6, 6.07) is 6.53. The van der Waals surface area contributed by atoms with Crippen LogP contribution in [0.25, 0.3) is 16.9 Å². The summed E-state index contributed by atoms with van der Waals surface area (Å²) in [5.74, 6) is 1.06. The van der Waals surface area contributed by atoms with Crippen molar-refractivity contribution in [1.82, 2.24) is 9.38 Å². The van der Waals surface area contributed by atoms with Crippen molar-refractivity contribution < 1.29 is 4.42 Å². The van der Waals surface area contributed by atoms with Gasteiger partial charge < -0.3 is 9.73 Å². The molecule has 0 aromatic carbocycles. The minimum absolute atomic E-state index is 0.526. The Bertz CT molecular complexity index is 773. The van der Waals surface area contributed by atoms with Crippen LogP contribution in [0.5, 0.6) is 0 Å². The molecule has 0 bridgehead atoms. The standard InChI is InChI=1S/C17H18BrN3O/c18-13-6-7-15-20-16(12-8-9-22-11-12)17(21(15)10-13)19-14-4-2-1-3-5-14/h6-11,14,19H,1-5H2. The van der Waals surface area contributed by atoms with Crippen molar-refractivity contribution in [2.24, 2.45) is 0 Å². The van der Waals surface area contributed by atoms with Crippen LogP contribution in [0, 0.1) is 0 Å². The molecule has 1 N–H and O–H groups in total. The van der Waals surface area contributed by atoms with E-state index in [9.17, 15) is 0 Å². The number of anilines is 1. The molecule has 1 aliphatic rings. The third-order valence-electron chi connectivity index (χ3n) is 4.32. The Morgan fingerprint density at radius 2 is 2.05 bits per heavy atom. The average molecular weight is 360 g/mol. The SMILES string of the molecule is Brc1ccc2nc(-c3ccoc3)c(NC3CCCCC3)n2c1. The van der Waals surface area contributed by atoms with Gasteiger partial charge in [-0.2, -0.15) is 0 Å². The van der Waals surface area contributed by atoms with Crippen LogP contribution < -0.4 is 5.32 Å². The Morgan fingerprint density at radius 3 is 2.82 bits per heavy atom. The molecule has 4 rings (SSSR count). The van der Waals surface area contributed by atoms with Gasteiger partial charge in [-0.25, -0.2) is 4.98 Å². The summed E-state index contributed by atoms with van der Waals surface area (Å²) in [5.41, 5.74) is 2.91. The fourth-order valence-corrected chi connectivity index (χ4v) is 3.53. The van der Waals surface area contributed by atoms with E-state index in [1.165, 1.54) is 32.1 Å². The lowest BCUT2D eigenvalue weighted by Crippen LogP contribution is -2.23. The summed E-state index contributed by atoms with van der Waals surface area (Å²) in [6.45, 7) is 0. The van der Waals surface area contributed by atoms with Crippen molar-refractivity contribution in [3.8, 4) is 11.3 Å². The number of hydrogen-bond donors (Lipinski definition) is 1. The van der Waals surface area contributed by atoms with Crippen molar-refractivity contribution in [2.45, 2.75) is 38.1 Å². The molecule has 3 heterocycles. The van der Waals surface area contributed by atoms with Gasteiger partial charge in [0.05, 0.1) is 12.5 Å². The van der Waals surface area contributed by atoms with Gasteiger partial charge in [0.15, 0.2) is 0 Å². The summed E-state index contributed by atoms with van der Waals surface area (Å²) in [7, 11) is 0. The number of imidazole rings is 1. The van der Waals surface area contributed by atoms with Gasteiger partial charge in [0, 0.05) is 22.3 Å². The third kappa shape index (κ3) is 2.54. The Balaban J connectivity index is 1.81. The topological polar surface area (TPSA) is 42.5 Å². The molecule has 22 heavy (non-hydrogen) atoms. The van der Waals surface area contributed by atoms with Gasteiger partial charge in [0.2, 0.25) is 0 Å². The fourth-order valence-electron chi connectivity index (χ4n) is 3.20. The summed E-state index contributed by atoms with van der Waals surface area (Å²) >= 11 is 3.55. The maximum Gasteiger partial charge on any atom is 0.139 e. The summed E-state index contributed by atoms with van der Waals surface area (Å²) in [6.07, 6.45) is 11.9. The van der Waals surface area contributed by atoms with E-state index in [4.69, 9.17) is 9.40 Å². The highest BCUT2D eigenvalue weighted by Gasteiger charge is 2.20. The van der Waals surface area contributed by atoms with Crippen LogP contribution in [0.1, 0.15) is 32.1 Å². The van der Waals surface area contributed by atoms with E-state index in [0.717, 1.165) is 27.2 Å². The normalized spacial score (nSPS) is 16.2. The number of hydrogen-bond acceptors (Lipinski definition) is 3. The second kappa shape index (κ2) is 5.80. The molecule has 1 saturated carbocycles. The van der Waals surface area contributed by atoms with Gasteiger partial charge in [0.25, 0.3) is 0 Å². The van der Waals surface area contributed by atoms with Crippen LogP contribution in [-0.4, -0.2) is 15.4 Å². The molecule has 114 valence electrons. The molecule has 0 unspecified atom stereocenters. The summed E-state index contributed by atoms with van der Waals surface area (Å²) in [4.78, 5) is 4.78. The third-order valence-corrected chi connectivity index (χ3v) is 4.79. The number of aromatic nitrogens is 2. The maximum atomic E-state index is 5.25. The number of rotatable bonds is 3. The van der Waals surface area contributed by atoms with Crippen molar-refractivity contribution in [1.29, 1.82) is 0 Å². The highest BCUT2D eigenvalue weighted by molar-refractivity contribution is 9.10. The van der Waals surface area contributed by atoms with Crippen molar-refractivity contribution in [3.63, 3.8) is 0 Å². The molecule has 0 amide bonds. The first-order valence-electron chi connectivity index (χ1n) is 7.78. The number of pyridine rings is 1.